The number of nitro benzene ring substituents is 1. The van der Waals surface area contributed by atoms with E-state index in [-0.39, 0.29) is 17.2 Å². The maximum absolute atomic E-state index is 13.9. The highest BCUT2D eigenvalue weighted by atomic mass is 35.5. The van der Waals surface area contributed by atoms with Gasteiger partial charge >= 0.3 is 0 Å². The lowest BCUT2D eigenvalue weighted by molar-refractivity contribution is -0.384. The third-order valence-corrected chi connectivity index (χ3v) is 7.41. The zero-order chi connectivity index (χ0) is 25.1. The summed E-state index contributed by atoms with van der Waals surface area (Å²) in [5, 5.41) is 11.8. The van der Waals surface area contributed by atoms with E-state index in [1.807, 2.05) is 30.3 Å². The van der Waals surface area contributed by atoms with E-state index in [0.29, 0.717) is 10.7 Å². The molecule has 178 valence electrons. The van der Waals surface area contributed by atoms with Crippen LogP contribution < -0.4 is 4.90 Å². The molecule has 8 nitrogen and oxygen atoms in total. The number of benzene rings is 3. The van der Waals surface area contributed by atoms with Crippen molar-refractivity contribution < 1.29 is 19.3 Å². The highest BCUT2D eigenvalue weighted by molar-refractivity contribution is 6.31. The Kier molecular flexibility index (Phi) is 5.01. The molecule has 6 rings (SSSR count). The Morgan fingerprint density at radius 3 is 2.39 bits per heavy atom. The molecule has 0 spiro atoms. The van der Waals surface area contributed by atoms with Crippen molar-refractivity contribution >= 4 is 46.6 Å². The van der Waals surface area contributed by atoms with E-state index < -0.39 is 40.5 Å². The molecule has 4 atom stereocenters. The fourth-order valence-electron chi connectivity index (χ4n) is 5.65. The van der Waals surface area contributed by atoms with Crippen molar-refractivity contribution in [3.05, 3.63) is 111 Å². The summed E-state index contributed by atoms with van der Waals surface area (Å²) >= 11 is 6.01. The van der Waals surface area contributed by atoms with Crippen LogP contribution in [0.2, 0.25) is 5.02 Å². The summed E-state index contributed by atoms with van der Waals surface area (Å²) < 4.78 is 0. The number of anilines is 1. The molecule has 2 amide bonds. The van der Waals surface area contributed by atoms with Gasteiger partial charge < -0.3 is 4.90 Å². The second-order valence-electron chi connectivity index (χ2n) is 8.99. The van der Waals surface area contributed by atoms with E-state index >= 15 is 0 Å². The summed E-state index contributed by atoms with van der Waals surface area (Å²) in [4.78, 5) is 55.2. The Bertz CT molecular complexity index is 1480. The Morgan fingerprint density at radius 2 is 1.64 bits per heavy atom. The first-order valence-electron chi connectivity index (χ1n) is 11.3. The van der Waals surface area contributed by atoms with Gasteiger partial charge in [0.2, 0.25) is 11.8 Å². The van der Waals surface area contributed by atoms with Gasteiger partial charge in [0.15, 0.2) is 5.78 Å². The van der Waals surface area contributed by atoms with Crippen LogP contribution in [0.1, 0.15) is 27.5 Å². The van der Waals surface area contributed by atoms with Gasteiger partial charge in [-0.25, -0.2) is 4.90 Å². The second-order valence-corrected chi connectivity index (χ2v) is 9.43. The molecule has 0 aliphatic carbocycles. The van der Waals surface area contributed by atoms with Crippen LogP contribution in [-0.2, 0) is 9.59 Å². The molecule has 3 aromatic rings. The normalized spacial score (nSPS) is 23.9. The second kappa shape index (κ2) is 8.13. The summed E-state index contributed by atoms with van der Waals surface area (Å²) in [7, 11) is 0. The van der Waals surface area contributed by atoms with Gasteiger partial charge in [-0.15, -0.1) is 0 Å². The third kappa shape index (κ3) is 3.18. The van der Waals surface area contributed by atoms with Crippen molar-refractivity contribution in [1.29, 1.82) is 0 Å². The number of amides is 2. The van der Waals surface area contributed by atoms with Crippen LogP contribution in [0.15, 0.2) is 79.0 Å². The van der Waals surface area contributed by atoms with E-state index in [1.54, 1.807) is 35.4 Å². The number of imide groups is 1. The van der Waals surface area contributed by atoms with Crippen molar-refractivity contribution in [2.24, 2.45) is 11.8 Å². The average molecular weight is 500 g/mol. The summed E-state index contributed by atoms with van der Waals surface area (Å²) in [6.07, 6.45) is 3.60. The number of fused-ring (bicyclic) bond motifs is 5. The quantitative estimate of drug-likeness (QED) is 0.224. The van der Waals surface area contributed by atoms with Crippen LogP contribution in [-0.4, -0.2) is 33.5 Å². The summed E-state index contributed by atoms with van der Waals surface area (Å²) in [6, 6.07) is 17.9. The first kappa shape index (κ1) is 22.2. The van der Waals surface area contributed by atoms with Crippen LogP contribution in [0.4, 0.5) is 11.4 Å². The maximum Gasteiger partial charge on any atom is 0.270 e. The number of hydrogen-bond acceptors (Lipinski definition) is 6. The first-order chi connectivity index (χ1) is 17.4. The number of carbonyl (C=O) groups is 3. The number of non-ortho nitro benzene ring substituents is 1. The van der Waals surface area contributed by atoms with E-state index in [1.165, 1.54) is 24.3 Å². The summed E-state index contributed by atoms with van der Waals surface area (Å²) in [6.45, 7) is 0. The lowest BCUT2D eigenvalue weighted by atomic mass is 9.83. The Labute approximate surface area is 210 Å². The molecular weight excluding hydrogens is 482 g/mol. The molecule has 3 aromatic carbocycles. The van der Waals surface area contributed by atoms with Gasteiger partial charge in [0.05, 0.1) is 28.5 Å². The molecule has 0 radical (unpaired) electrons. The minimum Gasteiger partial charge on any atom is -0.358 e. The molecule has 2 saturated heterocycles. The lowest BCUT2D eigenvalue weighted by Crippen LogP contribution is -2.44. The molecular formula is C27H18ClN3O5. The third-order valence-electron chi connectivity index (χ3n) is 7.16. The van der Waals surface area contributed by atoms with Crippen LogP contribution in [0, 0.1) is 22.0 Å². The predicted octanol–water partition coefficient (Wildman–Crippen LogP) is 4.65. The summed E-state index contributed by atoms with van der Waals surface area (Å²) in [5.41, 5.74) is 2.04. The molecule has 3 aliphatic rings. The largest absolute Gasteiger partial charge is 0.358 e. The van der Waals surface area contributed by atoms with Crippen LogP contribution >= 0.6 is 11.6 Å². The van der Waals surface area contributed by atoms with Crippen molar-refractivity contribution in [3.8, 4) is 0 Å². The van der Waals surface area contributed by atoms with Gasteiger partial charge in [-0.05, 0) is 41.5 Å². The van der Waals surface area contributed by atoms with Crippen molar-refractivity contribution in [3.63, 3.8) is 0 Å². The van der Waals surface area contributed by atoms with Crippen molar-refractivity contribution in [2.75, 3.05) is 4.90 Å². The lowest BCUT2D eigenvalue weighted by Gasteiger charge is -2.35. The summed E-state index contributed by atoms with van der Waals surface area (Å²) in [5.74, 6) is -3.06. The Balaban J connectivity index is 1.49. The van der Waals surface area contributed by atoms with E-state index in [9.17, 15) is 24.5 Å². The molecule has 3 aliphatic heterocycles. The average Bonchev–Trinajstić information content (AvgIpc) is 3.37. The monoisotopic (exact) mass is 499 g/mol. The molecule has 0 bridgehead atoms. The zero-order valence-electron chi connectivity index (χ0n) is 18.7. The molecule has 3 heterocycles. The fourth-order valence-corrected chi connectivity index (χ4v) is 5.77. The first-order valence-corrected chi connectivity index (χ1v) is 11.7. The van der Waals surface area contributed by atoms with Gasteiger partial charge in [0.1, 0.15) is 6.04 Å². The number of hydrogen-bond donors (Lipinski definition) is 0. The zero-order valence-corrected chi connectivity index (χ0v) is 19.4. The Hall–Kier alpha value is -4.30. The minimum atomic E-state index is -1.000. The van der Waals surface area contributed by atoms with Crippen LogP contribution in [0.3, 0.4) is 0 Å². The number of nitrogens with zero attached hydrogens (tertiary/aromatic N) is 3. The van der Waals surface area contributed by atoms with E-state index in [2.05, 4.69) is 0 Å². The SMILES string of the molecule is O=C(c1cccc([N+](=O)[O-])c1)[C@@H]1[C@@H]2C(=O)N(c3ccc(Cl)cc3)C(=O)[C@@H]2[C@@H]2c3ccccc3C=CN12. The number of halogens is 1. The minimum absolute atomic E-state index is 0.117. The van der Waals surface area contributed by atoms with E-state index in [0.717, 1.165) is 16.0 Å². The molecule has 36 heavy (non-hydrogen) atoms. The van der Waals surface area contributed by atoms with Gasteiger partial charge in [0.25, 0.3) is 5.69 Å². The van der Waals surface area contributed by atoms with Gasteiger partial charge in [-0.2, -0.15) is 0 Å². The van der Waals surface area contributed by atoms with Crippen molar-refractivity contribution in [2.45, 2.75) is 12.1 Å². The number of Topliss-reactive ketones (excluding diaryl/α,β-unsaturated/α-hetero) is 1. The fraction of sp³-hybridized carbons (Fsp3) is 0.148. The van der Waals surface area contributed by atoms with Crippen LogP contribution in [0.25, 0.3) is 6.08 Å². The highest BCUT2D eigenvalue weighted by Gasteiger charge is 2.64. The number of ketones is 1. The van der Waals surface area contributed by atoms with E-state index in [4.69, 9.17) is 11.6 Å². The van der Waals surface area contributed by atoms with Gasteiger partial charge in [-0.3, -0.25) is 24.5 Å². The Morgan fingerprint density at radius 1 is 0.917 bits per heavy atom. The predicted molar refractivity (Wildman–Crippen MR) is 132 cm³/mol. The molecule has 0 saturated carbocycles. The maximum atomic E-state index is 13.9. The number of nitro groups is 1. The number of carbonyl (C=O) groups excluding carboxylic acids is 3. The number of rotatable bonds is 4. The van der Waals surface area contributed by atoms with Crippen molar-refractivity contribution in [1.82, 2.24) is 4.90 Å². The molecule has 0 aromatic heterocycles. The molecule has 9 heteroatoms. The smallest absolute Gasteiger partial charge is 0.270 e. The molecule has 0 unspecified atom stereocenters. The topological polar surface area (TPSA) is 101 Å². The molecule has 2 fully saturated rings. The highest BCUT2D eigenvalue weighted by Crippen LogP contribution is 2.53. The van der Waals surface area contributed by atoms with Gasteiger partial charge in [0, 0.05) is 28.9 Å². The standard InChI is InChI=1S/C27H18ClN3O5/c28-17-8-10-18(11-9-17)30-26(33)21-22(27(30)34)24(25(32)16-5-3-6-19(14-16)31(35)36)29-13-12-15-4-1-2-7-20(15)23(21)29/h1-14,21-24H/t21-,22+,23-,24-/m0/s1. The molecule has 0 N–H and O–H groups in total. The van der Waals surface area contributed by atoms with Crippen LogP contribution in [0.5, 0.6) is 0 Å². The van der Waals surface area contributed by atoms with Gasteiger partial charge in [-0.1, -0.05) is 48.0 Å².